The summed E-state index contributed by atoms with van der Waals surface area (Å²) in [6.07, 6.45) is 0. The average Bonchev–Trinajstić information content (AvgIpc) is 3.09. The van der Waals surface area contributed by atoms with Gasteiger partial charge < -0.3 is 15.2 Å². The first-order chi connectivity index (χ1) is 14.1. The third kappa shape index (κ3) is 3.63. The minimum absolute atomic E-state index is 0.162. The van der Waals surface area contributed by atoms with Crippen LogP contribution in [0.2, 0.25) is 0 Å². The molecule has 160 valence electrons. The lowest BCUT2D eigenvalue weighted by atomic mass is 10.0. The van der Waals surface area contributed by atoms with Gasteiger partial charge in [0.1, 0.15) is 17.2 Å². The van der Waals surface area contributed by atoms with Gasteiger partial charge in [-0.3, -0.25) is 4.99 Å². The van der Waals surface area contributed by atoms with E-state index in [0.717, 1.165) is 11.3 Å². The van der Waals surface area contributed by atoms with Crippen molar-refractivity contribution in [2.45, 2.75) is 17.2 Å². The Morgan fingerprint density at radius 2 is 1.97 bits per heavy atom. The number of halogens is 1. The predicted octanol–water partition coefficient (Wildman–Crippen LogP) is 2.46. The molecule has 0 aliphatic carbocycles. The quantitative estimate of drug-likeness (QED) is 0.721. The molecule has 0 spiro atoms. The van der Waals surface area contributed by atoms with Crippen LogP contribution >= 0.6 is 11.3 Å². The summed E-state index contributed by atoms with van der Waals surface area (Å²) in [5.74, 6) is -1.18. The van der Waals surface area contributed by atoms with Gasteiger partial charge in [-0.2, -0.15) is 5.26 Å². The highest BCUT2D eigenvalue weighted by Gasteiger charge is 2.56. The molecule has 1 aliphatic heterocycles. The molecule has 7 nitrogen and oxygen atoms in total. The Bertz CT molecular complexity index is 1130. The molecule has 30 heavy (non-hydrogen) atoms. The lowest BCUT2D eigenvalue weighted by Gasteiger charge is -2.40. The molecule has 2 aromatic rings. The van der Waals surface area contributed by atoms with Crippen molar-refractivity contribution in [1.29, 1.82) is 5.26 Å². The zero-order valence-corrected chi connectivity index (χ0v) is 18.4. The summed E-state index contributed by atoms with van der Waals surface area (Å²) in [5, 5.41) is 9.10. The Labute approximate surface area is 178 Å². The second kappa shape index (κ2) is 8.07. The molecule has 2 N–H and O–H groups in total. The Kier molecular flexibility index (Phi) is 6.02. The van der Waals surface area contributed by atoms with E-state index in [9.17, 15) is 12.8 Å². The van der Waals surface area contributed by atoms with E-state index in [4.69, 9.17) is 20.5 Å². The minimum Gasteiger partial charge on any atom is -0.386 e. The highest BCUT2D eigenvalue weighted by molar-refractivity contribution is 7.93. The maximum Gasteiger partial charge on any atom is 0.175 e. The molecular formula is C20H22FN3O4S2. The summed E-state index contributed by atoms with van der Waals surface area (Å²) in [7, 11) is -1.17. The summed E-state index contributed by atoms with van der Waals surface area (Å²) in [5.41, 5.74) is 5.85. The molecule has 1 atom stereocenters. The zero-order valence-electron chi connectivity index (χ0n) is 16.8. The van der Waals surface area contributed by atoms with Gasteiger partial charge in [-0.05, 0) is 30.7 Å². The van der Waals surface area contributed by atoms with Crippen LogP contribution in [0.25, 0.3) is 10.4 Å². The monoisotopic (exact) mass is 451 g/mol. The number of sulfone groups is 1. The molecule has 1 aromatic carbocycles. The van der Waals surface area contributed by atoms with Crippen LogP contribution in [0.4, 0.5) is 4.39 Å². The van der Waals surface area contributed by atoms with Gasteiger partial charge in [0.05, 0.1) is 35.5 Å². The van der Waals surface area contributed by atoms with Gasteiger partial charge in [-0.1, -0.05) is 12.1 Å². The van der Waals surface area contributed by atoms with Gasteiger partial charge >= 0.3 is 0 Å². The summed E-state index contributed by atoms with van der Waals surface area (Å²) in [4.78, 5) is 5.17. The summed E-state index contributed by atoms with van der Waals surface area (Å²) >= 11 is 1.09. The van der Waals surface area contributed by atoms with Gasteiger partial charge in [0, 0.05) is 19.1 Å². The topological polar surface area (TPSA) is 115 Å². The van der Waals surface area contributed by atoms with Crippen molar-refractivity contribution in [3.05, 3.63) is 46.6 Å². The SMILES string of the molecule is COCC1(COC)C(N)=N[C@](C)(c2sc(-c3cccc(C#N)c3)cc2F)CS1(=O)=O. The molecule has 0 saturated heterocycles. The number of ether oxygens (including phenoxy) is 2. The lowest BCUT2D eigenvalue weighted by Crippen LogP contribution is -2.63. The van der Waals surface area contributed by atoms with Crippen LogP contribution in [-0.2, 0) is 24.8 Å². The summed E-state index contributed by atoms with van der Waals surface area (Å²) < 4.78 is 50.1. The molecule has 3 rings (SSSR count). The minimum atomic E-state index is -3.91. The van der Waals surface area contributed by atoms with Crippen LogP contribution in [0.1, 0.15) is 17.4 Å². The third-order valence-corrected chi connectivity index (χ3v) is 9.10. The van der Waals surface area contributed by atoms with E-state index < -0.39 is 31.7 Å². The van der Waals surface area contributed by atoms with E-state index >= 15 is 0 Å². The van der Waals surface area contributed by atoms with Gasteiger partial charge in [0.15, 0.2) is 14.6 Å². The standard InChI is InChI=1S/C20H22FN3O4S2/c1-19(12-30(25,26)20(10-27-2,11-28-3)18(23)24-19)17-15(21)8-16(29-17)14-6-4-5-13(7-14)9-22/h4-8H,10-12H2,1-3H3,(H2,23,24)/t19-/m0/s1. The van der Waals surface area contributed by atoms with Crippen LogP contribution in [0.5, 0.6) is 0 Å². The number of aliphatic imine (C=N–C) groups is 1. The first-order valence-electron chi connectivity index (χ1n) is 8.99. The number of nitrogens with two attached hydrogens (primary N) is 1. The predicted molar refractivity (Wildman–Crippen MR) is 114 cm³/mol. The van der Waals surface area contributed by atoms with E-state index in [1.54, 1.807) is 31.2 Å². The highest BCUT2D eigenvalue weighted by Crippen LogP contribution is 2.43. The van der Waals surface area contributed by atoms with E-state index in [-0.39, 0.29) is 23.9 Å². The van der Waals surface area contributed by atoms with Gasteiger partial charge in [-0.25, -0.2) is 12.8 Å². The molecule has 1 aliphatic rings. The molecular weight excluding hydrogens is 429 g/mol. The normalized spacial score (nSPS) is 22.3. The Morgan fingerprint density at radius 3 is 2.53 bits per heavy atom. The maximum absolute atomic E-state index is 15.0. The van der Waals surface area contributed by atoms with E-state index in [2.05, 4.69) is 4.99 Å². The van der Waals surface area contributed by atoms with E-state index in [1.165, 1.54) is 20.3 Å². The molecule has 0 unspecified atom stereocenters. The van der Waals surface area contributed by atoms with Crippen molar-refractivity contribution in [3.8, 4) is 16.5 Å². The van der Waals surface area contributed by atoms with Crippen molar-refractivity contribution >= 4 is 27.0 Å². The van der Waals surface area contributed by atoms with Crippen molar-refractivity contribution in [3.63, 3.8) is 0 Å². The third-order valence-electron chi connectivity index (χ3n) is 5.11. The maximum atomic E-state index is 15.0. The lowest BCUT2D eigenvalue weighted by molar-refractivity contribution is 0.121. The number of amidine groups is 1. The van der Waals surface area contributed by atoms with Crippen molar-refractivity contribution in [1.82, 2.24) is 0 Å². The van der Waals surface area contributed by atoms with Crippen molar-refractivity contribution < 1.29 is 22.3 Å². The second-order valence-corrected chi connectivity index (χ2v) is 10.7. The number of nitriles is 1. The Hall–Kier alpha value is -2.32. The first kappa shape index (κ1) is 22.4. The van der Waals surface area contributed by atoms with Gasteiger partial charge in [0.2, 0.25) is 0 Å². The fourth-order valence-electron chi connectivity index (χ4n) is 3.64. The smallest absolute Gasteiger partial charge is 0.175 e. The van der Waals surface area contributed by atoms with E-state index in [1.807, 2.05) is 6.07 Å². The number of rotatable bonds is 6. The number of hydrogen-bond donors (Lipinski definition) is 1. The highest BCUT2D eigenvalue weighted by atomic mass is 32.2. The van der Waals surface area contributed by atoms with Gasteiger partial charge in [-0.15, -0.1) is 11.3 Å². The molecule has 0 bridgehead atoms. The number of hydrogen-bond acceptors (Lipinski definition) is 8. The van der Waals surface area contributed by atoms with Gasteiger partial charge in [0.25, 0.3) is 0 Å². The Balaban J connectivity index is 2.12. The molecule has 0 radical (unpaired) electrons. The number of nitrogens with zero attached hydrogens (tertiary/aromatic N) is 2. The van der Waals surface area contributed by atoms with Crippen LogP contribution in [0.3, 0.4) is 0 Å². The summed E-state index contributed by atoms with van der Waals surface area (Å²) in [6, 6.07) is 10.1. The van der Waals surface area contributed by atoms with Crippen molar-refractivity contribution in [2.75, 3.05) is 33.2 Å². The van der Waals surface area contributed by atoms with Crippen LogP contribution < -0.4 is 5.73 Å². The fourth-order valence-corrected chi connectivity index (χ4v) is 7.04. The largest absolute Gasteiger partial charge is 0.386 e. The molecule has 0 fully saturated rings. The molecule has 2 heterocycles. The van der Waals surface area contributed by atoms with E-state index in [0.29, 0.717) is 16.0 Å². The molecule has 0 amide bonds. The zero-order chi connectivity index (χ0) is 22.2. The molecule has 1 aromatic heterocycles. The fraction of sp³-hybridized carbons (Fsp3) is 0.400. The van der Waals surface area contributed by atoms with Crippen LogP contribution in [0.15, 0.2) is 35.3 Å². The number of thiophene rings is 1. The second-order valence-electron chi connectivity index (χ2n) is 7.37. The number of benzene rings is 1. The number of methoxy groups -OCH3 is 2. The van der Waals surface area contributed by atoms with Crippen molar-refractivity contribution in [2.24, 2.45) is 10.7 Å². The average molecular weight is 452 g/mol. The first-order valence-corrected chi connectivity index (χ1v) is 11.5. The van der Waals surface area contributed by atoms with Crippen LogP contribution in [-0.4, -0.2) is 52.2 Å². The Morgan fingerprint density at radius 1 is 1.30 bits per heavy atom. The molecule has 0 saturated carbocycles. The summed E-state index contributed by atoms with van der Waals surface area (Å²) in [6.45, 7) is 1.12. The molecule has 10 heteroatoms. The van der Waals surface area contributed by atoms with Crippen LogP contribution in [0, 0.1) is 17.1 Å².